The van der Waals surface area contributed by atoms with E-state index in [1.807, 2.05) is 5.38 Å². The maximum Gasteiger partial charge on any atom is 0.276 e. The van der Waals surface area contributed by atoms with Gasteiger partial charge < -0.3 is 10.1 Å². The van der Waals surface area contributed by atoms with Gasteiger partial charge in [0.25, 0.3) is 5.56 Å². The third kappa shape index (κ3) is 4.21. The van der Waals surface area contributed by atoms with Crippen molar-refractivity contribution in [3.8, 4) is 11.4 Å². The molecule has 2 aromatic carbocycles. The minimum atomic E-state index is -0.223. The zero-order chi connectivity index (χ0) is 21.1. The number of para-hydroxylation sites is 1. The fourth-order valence-electron chi connectivity index (χ4n) is 2.86. The van der Waals surface area contributed by atoms with E-state index in [1.54, 1.807) is 61.7 Å². The molecule has 0 radical (unpaired) electrons. The number of anilines is 1. The smallest absolute Gasteiger partial charge is 0.276 e. The molecule has 1 N–H and O–H groups in total. The average molecular weight is 458 g/mol. The first-order valence-electron chi connectivity index (χ1n) is 8.88. The number of hydrogen-bond donors (Lipinski definition) is 1. The number of thioether (sulfide) groups is 1. The quantitative estimate of drug-likeness (QED) is 0.331. The fraction of sp³-hybridized carbons (Fsp3) is 0.0952. The molecule has 0 aliphatic rings. The van der Waals surface area contributed by atoms with Gasteiger partial charge in [-0.2, -0.15) is 0 Å². The Morgan fingerprint density at radius 2 is 2.07 bits per heavy atom. The zero-order valence-electron chi connectivity index (χ0n) is 15.8. The number of aromatic nitrogens is 2. The molecule has 6 nitrogen and oxygen atoms in total. The van der Waals surface area contributed by atoms with Crippen LogP contribution in [-0.4, -0.2) is 28.3 Å². The second-order valence-corrected chi connectivity index (χ2v) is 8.46. The summed E-state index contributed by atoms with van der Waals surface area (Å²) in [6.45, 7) is 0. The number of benzene rings is 2. The molecule has 1 amide bonds. The minimum absolute atomic E-state index is 0.0732. The van der Waals surface area contributed by atoms with Crippen molar-refractivity contribution in [3.05, 3.63) is 75.4 Å². The summed E-state index contributed by atoms with van der Waals surface area (Å²) in [5.74, 6) is 0.500. The lowest BCUT2D eigenvalue weighted by Crippen LogP contribution is -2.22. The van der Waals surface area contributed by atoms with E-state index in [1.165, 1.54) is 27.7 Å². The standard InChI is InChI=1S/C21H16ClN3O3S2/c1-28-14-6-4-5-13(11-14)23-18(26)12-30-21-24-16-9-10-29-19(16)20(27)25(21)17-8-3-2-7-15(17)22/h2-11H,12H2,1H3,(H,23,26). The van der Waals surface area contributed by atoms with Gasteiger partial charge in [-0.15, -0.1) is 11.3 Å². The zero-order valence-corrected chi connectivity index (χ0v) is 18.2. The molecular formula is C21H16ClN3O3S2. The van der Waals surface area contributed by atoms with Crippen molar-refractivity contribution in [2.75, 3.05) is 18.2 Å². The van der Waals surface area contributed by atoms with Crippen molar-refractivity contribution in [2.45, 2.75) is 5.16 Å². The third-order valence-corrected chi connectivity index (χ3v) is 6.38. The lowest BCUT2D eigenvalue weighted by atomic mass is 10.3. The molecule has 0 spiro atoms. The largest absolute Gasteiger partial charge is 0.497 e. The summed E-state index contributed by atoms with van der Waals surface area (Å²) in [6.07, 6.45) is 0. The maximum atomic E-state index is 13.1. The van der Waals surface area contributed by atoms with Gasteiger partial charge in [0.1, 0.15) is 10.4 Å². The Hall–Kier alpha value is -2.81. The minimum Gasteiger partial charge on any atom is -0.497 e. The summed E-state index contributed by atoms with van der Waals surface area (Å²) in [5.41, 5.74) is 1.55. The number of rotatable bonds is 6. The van der Waals surface area contributed by atoms with Crippen molar-refractivity contribution < 1.29 is 9.53 Å². The van der Waals surface area contributed by atoms with Crippen molar-refractivity contribution in [1.82, 2.24) is 9.55 Å². The van der Waals surface area contributed by atoms with E-state index < -0.39 is 0 Å². The number of halogens is 1. The summed E-state index contributed by atoms with van der Waals surface area (Å²) < 4.78 is 7.18. The molecule has 4 aromatic rings. The Kier molecular flexibility index (Phi) is 6.08. The van der Waals surface area contributed by atoms with Crippen molar-refractivity contribution >= 4 is 56.5 Å². The van der Waals surface area contributed by atoms with Gasteiger partial charge in [-0.25, -0.2) is 4.98 Å². The van der Waals surface area contributed by atoms with E-state index in [4.69, 9.17) is 16.3 Å². The van der Waals surface area contributed by atoms with Gasteiger partial charge in [-0.05, 0) is 35.7 Å². The highest BCUT2D eigenvalue weighted by molar-refractivity contribution is 7.99. The molecule has 4 rings (SSSR count). The van der Waals surface area contributed by atoms with Crippen LogP contribution in [0.4, 0.5) is 5.69 Å². The Bertz CT molecular complexity index is 1290. The summed E-state index contributed by atoms with van der Waals surface area (Å²) in [4.78, 5) is 30.2. The van der Waals surface area contributed by atoms with Gasteiger partial charge in [0.2, 0.25) is 5.91 Å². The second-order valence-electron chi connectivity index (χ2n) is 6.19. The first-order valence-corrected chi connectivity index (χ1v) is 11.1. The number of thiophene rings is 1. The first-order chi connectivity index (χ1) is 14.6. The average Bonchev–Trinajstić information content (AvgIpc) is 3.22. The molecule has 9 heteroatoms. The number of amides is 1. The molecule has 2 heterocycles. The number of fused-ring (bicyclic) bond motifs is 1. The molecule has 0 atom stereocenters. The lowest BCUT2D eigenvalue weighted by molar-refractivity contribution is -0.113. The summed E-state index contributed by atoms with van der Waals surface area (Å²) in [6, 6.07) is 16.0. The molecule has 0 fully saturated rings. The van der Waals surface area contributed by atoms with Crippen LogP contribution < -0.4 is 15.6 Å². The van der Waals surface area contributed by atoms with Crippen LogP contribution in [-0.2, 0) is 4.79 Å². The molecule has 0 unspecified atom stereocenters. The highest BCUT2D eigenvalue weighted by Gasteiger charge is 2.17. The molecule has 0 saturated heterocycles. The van der Waals surface area contributed by atoms with E-state index in [-0.39, 0.29) is 17.2 Å². The van der Waals surface area contributed by atoms with E-state index in [0.717, 1.165) is 0 Å². The summed E-state index contributed by atoms with van der Waals surface area (Å²) in [7, 11) is 1.57. The van der Waals surface area contributed by atoms with Crippen LogP contribution in [0.3, 0.4) is 0 Å². The molecule has 0 bridgehead atoms. The van der Waals surface area contributed by atoms with Crippen LogP contribution in [0.15, 0.2) is 69.9 Å². The highest BCUT2D eigenvalue weighted by Crippen LogP contribution is 2.27. The summed E-state index contributed by atoms with van der Waals surface area (Å²) >= 11 is 8.84. The van der Waals surface area contributed by atoms with Crippen LogP contribution >= 0.6 is 34.7 Å². The lowest BCUT2D eigenvalue weighted by Gasteiger charge is -2.13. The van der Waals surface area contributed by atoms with Crippen LogP contribution in [0.1, 0.15) is 0 Å². The number of ether oxygens (including phenoxy) is 1. The van der Waals surface area contributed by atoms with Gasteiger partial charge in [0.05, 0.1) is 29.1 Å². The fourth-order valence-corrected chi connectivity index (χ4v) is 4.65. The van der Waals surface area contributed by atoms with Crippen molar-refractivity contribution in [3.63, 3.8) is 0 Å². The maximum absolute atomic E-state index is 13.1. The van der Waals surface area contributed by atoms with E-state index >= 15 is 0 Å². The molecular weight excluding hydrogens is 442 g/mol. The molecule has 30 heavy (non-hydrogen) atoms. The molecule has 0 saturated carbocycles. The SMILES string of the molecule is COc1cccc(NC(=O)CSc2nc3ccsc3c(=O)n2-c2ccccc2Cl)c1. The van der Waals surface area contributed by atoms with E-state index in [9.17, 15) is 9.59 Å². The first kappa shape index (κ1) is 20.5. The normalized spacial score (nSPS) is 10.9. The number of hydrogen-bond acceptors (Lipinski definition) is 6. The topological polar surface area (TPSA) is 73.2 Å². The number of carbonyl (C=O) groups is 1. The Labute approximate surface area is 185 Å². The van der Waals surface area contributed by atoms with Gasteiger partial charge in [0, 0.05) is 11.8 Å². The molecule has 152 valence electrons. The number of methoxy groups -OCH3 is 1. The van der Waals surface area contributed by atoms with Gasteiger partial charge in [-0.1, -0.05) is 41.6 Å². The Morgan fingerprint density at radius 3 is 2.87 bits per heavy atom. The van der Waals surface area contributed by atoms with Crippen molar-refractivity contribution in [2.24, 2.45) is 0 Å². The molecule has 2 aromatic heterocycles. The number of nitrogens with zero attached hydrogens (tertiary/aromatic N) is 2. The second kappa shape index (κ2) is 8.91. The predicted molar refractivity (Wildman–Crippen MR) is 123 cm³/mol. The molecule has 0 aliphatic carbocycles. The highest BCUT2D eigenvalue weighted by atomic mass is 35.5. The Morgan fingerprint density at radius 1 is 1.23 bits per heavy atom. The van der Waals surface area contributed by atoms with Gasteiger partial charge in [0.15, 0.2) is 5.16 Å². The third-order valence-electron chi connectivity index (χ3n) is 4.23. The van der Waals surface area contributed by atoms with Crippen LogP contribution in [0.5, 0.6) is 5.75 Å². The number of carbonyl (C=O) groups excluding carboxylic acids is 1. The molecule has 0 aliphatic heterocycles. The van der Waals surface area contributed by atoms with Crippen LogP contribution in [0.25, 0.3) is 15.9 Å². The van der Waals surface area contributed by atoms with Crippen LogP contribution in [0.2, 0.25) is 5.02 Å². The van der Waals surface area contributed by atoms with E-state index in [0.29, 0.717) is 37.5 Å². The number of nitrogens with one attached hydrogen (secondary N) is 1. The van der Waals surface area contributed by atoms with E-state index in [2.05, 4.69) is 10.3 Å². The summed E-state index contributed by atoms with van der Waals surface area (Å²) in [5, 5.41) is 5.48. The monoisotopic (exact) mass is 457 g/mol. The van der Waals surface area contributed by atoms with Gasteiger partial charge >= 0.3 is 0 Å². The van der Waals surface area contributed by atoms with Crippen LogP contribution in [0, 0.1) is 0 Å². The van der Waals surface area contributed by atoms with Crippen molar-refractivity contribution in [1.29, 1.82) is 0 Å². The van der Waals surface area contributed by atoms with Gasteiger partial charge in [-0.3, -0.25) is 14.2 Å². The Balaban J connectivity index is 1.63. The predicted octanol–water partition coefficient (Wildman–Crippen LogP) is 4.84.